The number of halogens is 2. The summed E-state index contributed by atoms with van der Waals surface area (Å²) in [4.78, 5) is 23.3. The van der Waals surface area contributed by atoms with Crippen molar-refractivity contribution in [2.24, 2.45) is 0 Å². The third-order valence-electron chi connectivity index (χ3n) is 2.87. The first-order valence-corrected chi connectivity index (χ1v) is 6.59. The fourth-order valence-corrected chi connectivity index (χ4v) is 1.85. The Bertz CT molecular complexity index is 672. The Morgan fingerprint density at radius 3 is 1.95 bits per heavy atom. The second kappa shape index (κ2) is 7.31. The van der Waals surface area contributed by atoms with Gasteiger partial charge in [0.25, 0.3) is 0 Å². The lowest BCUT2D eigenvalue weighted by molar-refractivity contribution is -0.128. The normalized spacial score (nSPS) is 10.1. The summed E-state index contributed by atoms with van der Waals surface area (Å²) in [6.07, 6.45) is -0.0326. The van der Waals surface area contributed by atoms with Gasteiger partial charge in [-0.3, -0.25) is 20.4 Å². The zero-order valence-corrected chi connectivity index (χ0v) is 11.6. The average Bonchev–Trinajstić information content (AvgIpc) is 2.48. The van der Waals surface area contributed by atoms with Gasteiger partial charge in [0.05, 0.1) is 12.8 Å². The molecule has 0 aromatic heterocycles. The molecule has 0 saturated heterocycles. The highest BCUT2D eigenvalue weighted by molar-refractivity contribution is 5.84. The Labute approximate surface area is 126 Å². The number of rotatable bonds is 4. The van der Waals surface area contributed by atoms with E-state index in [9.17, 15) is 18.4 Å². The van der Waals surface area contributed by atoms with Crippen LogP contribution in [0.4, 0.5) is 8.78 Å². The second-order valence-electron chi connectivity index (χ2n) is 4.71. The van der Waals surface area contributed by atoms with E-state index in [4.69, 9.17) is 0 Å². The summed E-state index contributed by atoms with van der Waals surface area (Å²) in [5.74, 6) is -1.70. The molecule has 0 saturated carbocycles. The summed E-state index contributed by atoms with van der Waals surface area (Å²) in [5.41, 5.74) is 5.63. The molecule has 0 unspecified atom stereocenters. The Hall–Kier alpha value is -2.76. The van der Waals surface area contributed by atoms with Crippen molar-refractivity contribution in [2.45, 2.75) is 12.8 Å². The van der Waals surface area contributed by atoms with E-state index in [1.807, 2.05) is 0 Å². The first kappa shape index (κ1) is 15.6. The van der Waals surface area contributed by atoms with Crippen molar-refractivity contribution in [3.8, 4) is 0 Å². The van der Waals surface area contributed by atoms with Crippen LogP contribution in [-0.2, 0) is 22.4 Å². The molecule has 0 heterocycles. The number of hydrogen-bond donors (Lipinski definition) is 2. The Balaban J connectivity index is 1.78. The maximum absolute atomic E-state index is 13.0. The lowest BCUT2D eigenvalue weighted by Crippen LogP contribution is -2.43. The monoisotopic (exact) mass is 304 g/mol. The van der Waals surface area contributed by atoms with Crippen LogP contribution in [0.3, 0.4) is 0 Å². The van der Waals surface area contributed by atoms with Gasteiger partial charge in [-0.15, -0.1) is 0 Å². The van der Waals surface area contributed by atoms with Crippen molar-refractivity contribution in [2.75, 3.05) is 0 Å². The highest BCUT2D eigenvalue weighted by Gasteiger charge is 2.07. The summed E-state index contributed by atoms with van der Waals surface area (Å²) in [7, 11) is 0. The first-order valence-electron chi connectivity index (χ1n) is 6.59. The van der Waals surface area contributed by atoms with Gasteiger partial charge in [0.1, 0.15) is 11.6 Å². The van der Waals surface area contributed by atoms with Crippen molar-refractivity contribution < 1.29 is 18.4 Å². The van der Waals surface area contributed by atoms with Gasteiger partial charge in [-0.2, -0.15) is 0 Å². The molecule has 6 heteroatoms. The van der Waals surface area contributed by atoms with E-state index < -0.39 is 17.6 Å². The highest BCUT2D eigenvalue weighted by atomic mass is 19.1. The fourth-order valence-electron chi connectivity index (χ4n) is 1.85. The SMILES string of the molecule is O=C(Cc1ccc(F)cc1)NNC(=O)Cc1cccc(F)c1. The summed E-state index contributed by atoms with van der Waals surface area (Å²) in [5, 5.41) is 0. The quantitative estimate of drug-likeness (QED) is 0.848. The van der Waals surface area contributed by atoms with Crippen LogP contribution in [-0.4, -0.2) is 11.8 Å². The van der Waals surface area contributed by atoms with Gasteiger partial charge in [0.2, 0.25) is 11.8 Å². The van der Waals surface area contributed by atoms with Crippen LogP contribution < -0.4 is 10.9 Å². The van der Waals surface area contributed by atoms with E-state index in [2.05, 4.69) is 10.9 Å². The molecule has 0 aliphatic heterocycles. The molecule has 0 radical (unpaired) electrons. The summed E-state index contributed by atoms with van der Waals surface area (Å²) >= 11 is 0. The summed E-state index contributed by atoms with van der Waals surface area (Å²) in [6, 6.07) is 11.1. The smallest absolute Gasteiger partial charge is 0.242 e. The molecule has 0 bridgehead atoms. The van der Waals surface area contributed by atoms with Crippen LogP contribution in [0.1, 0.15) is 11.1 Å². The van der Waals surface area contributed by atoms with Gasteiger partial charge in [0.15, 0.2) is 0 Å². The predicted molar refractivity (Wildman–Crippen MR) is 76.5 cm³/mol. The predicted octanol–water partition coefficient (Wildman–Crippen LogP) is 1.90. The molecule has 0 spiro atoms. The van der Waals surface area contributed by atoms with Crippen LogP contribution >= 0.6 is 0 Å². The summed E-state index contributed by atoms with van der Waals surface area (Å²) < 4.78 is 25.7. The number of hydrogen-bond acceptors (Lipinski definition) is 2. The third-order valence-corrected chi connectivity index (χ3v) is 2.87. The molecule has 0 fully saturated rings. The standard InChI is InChI=1S/C16H14F2N2O2/c17-13-6-4-11(5-7-13)9-15(21)19-20-16(22)10-12-2-1-3-14(18)8-12/h1-8H,9-10H2,(H,19,21)(H,20,22). The van der Waals surface area contributed by atoms with Crippen molar-refractivity contribution in [1.29, 1.82) is 0 Å². The van der Waals surface area contributed by atoms with Crippen molar-refractivity contribution in [1.82, 2.24) is 10.9 Å². The van der Waals surface area contributed by atoms with Crippen LogP contribution in [0.5, 0.6) is 0 Å². The second-order valence-corrected chi connectivity index (χ2v) is 4.71. The molecule has 2 aromatic rings. The largest absolute Gasteiger partial charge is 0.273 e. The van der Waals surface area contributed by atoms with E-state index in [1.165, 1.54) is 42.5 Å². The molecule has 2 rings (SSSR count). The Morgan fingerprint density at radius 2 is 1.36 bits per heavy atom. The molecule has 4 nitrogen and oxygen atoms in total. The van der Waals surface area contributed by atoms with Crippen LogP contribution in [0.25, 0.3) is 0 Å². The number of amides is 2. The number of nitrogens with one attached hydrogen (secondary N) is 2. The number of benzene rings is 2. The third kappa shape index (κ3) is 4.97. The van der Waals surface area contributed by atoms with Gasteiger partial charge in [-0.05, 0) is 35.4 Å². The first-order chi connectivity index (χ1) is 10.5. The lowest BCUT2D eigenvalue weighted by atomic mass is 10.1. The maximum atomic E-state index is 13.0. The molecule has 114 valence electrons. The number of carbonyl (C=O) groups is 2. The van der Waals surface area contributed by atoms with E-state index in [-0.39, 0.29) is 18.7 Å². The zero-order chi connectivity index (χ0) is 15.9. The molecule has 0 aliphatic carbocycles. The van der Waals surface area contributed by atoms with E-state index in [0.717, 1.165) is 0 Å². The van der Waals surface area contributed by atoms with Gasteiger partial charge < -0.3 is 0 Å². The molecule has 0 aliphatic rings. The number of hydrazine groups is 1. The molecule has 2 aromatic carbocycles. The fraction of sp³-hybridized carbons (Fsp3) is 0.125. The van der Waals surface area contributed by atoms with Crippen LogP contribution in [0.2, 0.25) is 0 Å². The molecule has 2 N–H and O–H groups in total. The molecular formula is C16H14F2N2O2. The Kier molecular flexibility index (Phi) is 5.19. The van der Waals surface area contributed by atoms with Gasteiger partial charge >= 0.3 is 0 Å². The maximum Gasteiger partial charge on any atom is 0.242 e. The minimum Gasteiger partial charge on any atom is -0.273 e. The van der Waals surface area contributed by atoms with Gasteiger partial charge in [-0.25, -0.2) is 8.78 Å². The van der Waals surface area contributed by atoms with Gasteiger partial charge in [-0.1, -0.05) is 24.3 Å². The van der Waals surface area contributed by atoms with Gasteiger partial charge in [0, 0.05) is 0 Å². The average molecular weight is 304 g/mol. The minimum absolute atomic E-state index is 0.0144. The molecule has 2 amide bonds. The van der Waals surface area contributed by atoms with Crippen LogP contribution in [0.15, 0.2) is 48.5 Å². The van der Waals surface area contributed by atoms with Crippen molar-refractivity contribution in [3.05, 3.63) is 71.3 Å². The van der Waals surface area contributed by atoms with Crippen molar-refractivity contribution in [3.63, 3.8) is 0 Å². The lowest BCUT2D eigenvalue weighted by Gasteiger charge is -2.07. The summed E-state index contributed by atoms with van der Waals surface area (Å²) in [6.45, 7) is 0. The van der Waals surface area contributed by atoms with E-state index in [1.54, 1.807) is 6.07 Å². The van der Waals surface area contributed by atoms with Crippen molar-refractivity contribution >= 4 is 11.8 Å². The molecular weight excluding hydrogens is 290 g/mol. The number of carbonyl (C=O) groups excluding carboxylic acids is 2. The van der Waals surface area contributed by atoms with E-state index >= 15 is 0 Å². The highest BCUT2D eigenvalue weighted by Crippen LogP contribution is 2.04. The molecule has 22 heavy (non-hydrogen) atoms. The Morgan fingerprint density at radius 1 is 0.773 bits per heavy atom. The van der Waals surface area contributed by atoms with Crippen LogP contribution in [0, 0.1) is 11.6 Å². The topological polar surface area (TPSA) is 58.2 Å². The minimum atomic E-state index is -0.460. The van der Waals surface area contributed by atoms with E-state index in [0.29, 0.717) is 11.1 Å². The zero-order valence-electron chi connectivity index (χ0n) is 11.6. The molecule has 0 atom stereocenters.